The van der Waals surface area contributed by atoms with Gasteiger partial charge in [-0.1, -0.05) is 32.0 Å². The van der Waals surface area contributed by atoms with Gasteiger partial charge in [0.05, 0.1) is 28.2 Å². The number of aromatic nitrogens is 2. The Morgan fingerprint density at radius 1 is 1.28 bits per heavy atom. The largest absolute Gasteiger partial charge is 0.460 e. The summed E-state index contributed by atoms with van der Waals surface area (Å²) < 4.78 is 7.22. The molecule has 3 rings (SSSR count). The number of ether oxygens (including phenoxy) is 1. The molecule has 0 amide bonds. The summed E-state index contributed by atoms with van der Waals surface area (Å²) in [7, 11) is 1.82. The summed E-state index contributed by atoms with van der Waals surface area (Å²) in [4.78, 5) is 24.4. The van der Waals surface area contributed by atoms with Gasteiger partial charge in [0, 0.05) is 29.9 Å². The van der Waals surface area contributed by atoms with Crippen molar-refractivity contribution in [2.24, 2.45) is 7.05 Å². The van der Waals surface area contributed by atoms with E-state index < -0.39 is 16.8 Å². The number of nitro groups is 1. The molecule has 29 heavy (non-hydrogen) atoms. The Hall–Kier alpha value is -3.16. The Morgan fingerprint density at radius 3 is 2.52 bits per heavy atom. The number of esters is 1. The molecule has 2 aromatic rings. The summed E-state index contributed by atoms with van der Waals surface area (Å²) in [5.41, 5.74) is 2.95. The van der Waals surface area contributed by atoms with Gasteiger partial charge in [-0.25, -0.2) is 4.79 Å². The Morgan fingerprint density at radius 2 is 1.93 bits per heavy atom. The molecule has 0 saturated carbocycles. The number of rotatable bonds is 5. The lowest BCUT2D eigenvalue weighted by atomic mass is 9.79. The van der Waals surface area contributed by atoms with Crippen LogP contribution < -0.4 is 5.32 Å². The molecule has 1 aliphatic rings. The standard InChI is InChI=1S/C21H26N4O4/c1-11(2)19-18-17(14-9-7-8-10-15(14)25(27)28)16(21(26)29-12(3)4)13(5)22-20(18)24(6)23-19/h7-12,17,22H,1-6H3. The molecule has 1 aliphatic heterocycles. The zero-order valence-electron chi connectivity index (χ0n) is 17.5. The molecule has 1 unspecified atom stereocenters. The van der Waals surface area contributed by atoms with E-state index in [1.54, 1.807) is 43.7 Å². The van der Waals surface area contributed by atoms with Gasteiger partial charge in [0.25, 0.3) is 5.69 Å². The lowest BCUT2D eigenvalue weighted by Crippen LogP contribution is -2.27. The van der Waals surface area contributed by atoms with Crippen LogP contribution in [0.2, 0.25) is 0 Å². The van der Waals surface area contributed by atoms with Crippen molar-refractivity contribution in [3.8, 4) is 0 Å². The highest BCUT2D eigenvalue weighted by molar-refractivity contribution is 5.95. The monoisotopic (exact) mass is 398 g/mol. The van der Waals surface area contributed by atoms with E-state index in [4.69, 9.17) is 4.74 Å². The van der Waals surface area contributed by atoms with Crippen LogP contribution in [0.1, 0.15) is 63.3 Å². The van der Waals surface area contributed by atoms with Gasteiger partial charge in [-0.15, -0.1) is 0 Å². The number of allylic oxidation sites excluding steroid dienone is 1. The third-order valence-electron chi connectivity index (χ3n) is 4.95. The lowest BCUT2D eigenvalue weighted by molar-refractivity contribution is -0.385. The summed E-state index contributed by atoms with van der Waals surface area (Å²) >= 11 is 0. The van der Waals surface area contributed by atoms with Crippen LogP contribution in [0.15, 0.2) is 35.5 Å². The number of anilines is 1. The van der Waals surface area contributed by atoms with E-state index in [0.29, 0.717) is 16.8 Å². The van der Waals surface area contributed by atoms with Gasteiger partial charge >= 0.3 is 5.97 Å². The number of aryl methyl sites for hydroxylation is 1. The predicted octanol–water partition coefficient (Wildman–Crippen LogP) is 4.23. The number of fused-ring (bicyclic) bond motifs is 1. The zero-order chi connectivity index (χ0) is 21.5. The van der Waals surface area contributed by atoms with Crippen molar-refractivity contribution in [1.29, 1.82) is 0 Å². The predicted molar refractivity (Wildman–Crippen MR) is 110 cm³/mol. The van der Waals surface area contributed by atoms with Crippen molar-refractivity contribution in [3.05, 3.63) is 62.5 Å². The molecule has 1 aromatic carbocycles. The van der Waals surface area contributed by atoms with Crippen LogP contribution in [0.25, 0.3) is 0 Å². The normalized spacial score (nSPS) is 16.1. The fourth-order valence-electron chi connectivity index (χ4n) is 3.78. The van der Waals surface area contributed by atoms with E-state index in [9.17, 15) is 14.9 Å². The maximum absolute atomic E-state index is 13.1. The van der Waals surface area contributed by atoms with Crippen LogP contribution in [0.4, 0.5) is 11.5 Å². The van der Waals surface area contributed by atoms with Gasteiger partial charge in [-0.05, 0) is 26.7 Å². The minimum absolute atomic E-state index is 0.0356. The first-order valence-electron chi connectivity index (χ1n) is 9.62. The number of nitrogens with zero attached hydrogens (tertiary/aromatic N) is 3. The smallest absolute Gasteiger partial charge is 0.337 e. The summed E-state index contributed by atoms with van der Waals surface area (Å²) in [6, 6.07) is 6.53. The summed E-state index contributed by atoms with van der Waals surface area (Å²) in [5, 5.41) is 19.7. The van der Waals surface area contributed by atoms with E-state index in [-0.39, 0.29) is 17.7 Å². The third kappa shape index (κ3) is 3.62. The summed E-state index contributed by atoms with van der Waals surface area (Å²) in [5.74, 6) is -0.337. The molecule has 0 spiro atoms. The molecule has 1 atom stereocenters. The van der Waals surface area contributed by atoms with Crippen molar-refractivity contribution in [3.63, 3.8) is 0 Å². The first-order chi connectivity index (χ1) is 13.6. The van der Waals surface area contributed by atoms with Crippen LogP contribution in [0.3, 0.4) is 0 Å². The molecule has 154 valence electrons. The SMILES string of the molecule is CC1=C(C(=O)OC(C)C)C(c2ccccc2[N+](=O)[O-])c2c(C(C)C)nn(C)c2N1. The minimum atomic E-state index is -0.648. The van der Waals surface area contributed by atoms with Crippen LogP contribution in [0, 0.1) is 10.1 Å². The average molecular weight is 398 g/mol. The summed E-state index contributed by atoms with van der Waals surface area (Å²) in [6.07, 6.45) is -0.311. The molecule has 0 bridgehead atoms. The van der Waals surface area contributed by atoms with E-state index >= 15 is 0 Å². The lowest BCUT2D eigenvalue weighted by Gasteiger charge is -2.29. The van der Waals surface area contributed by atoms with Crippen LogP contribution in [-0.4, -0.2) is 26.8 Å². The quantitative estimate of drug-likeness (QED) is 0.459. The first-order valence-corrected chi connectivity index (χ1v) is 9.62. The Labute approximate surface area is 169 Å². The third-order valence-corrected chi connectivity index (χ3v) is 4.95. The topological polar surface area (TPSA) is 99.3 Å². The fourth-order valence-corrected chi connectivity index (χ4v) is 3.78. The second-order valence-corrected chi connectivity index (χ2v) is 7.79. The number of hydrogen-bond acceptors (Lipinski definition) is 6. The van der Waals surface area contributed by atoms with Crippen molar-refractivity contribution >= 4 is 17.5 Å². The van der Waals surface area contributed by atoms with E-state index in [1.807, 2.05) is 20.9 Å². The molecule has 1 N–H and O–H groups in total. The number of nitro benzene ring substituents is 1. The molecular weight excluding hydrogens is 372 g/mol. The minimum Gasteiger partial charge on any atom is -0.460 e. The van der Waals surface area contributed by atoms with Gasteiger partial charge < -0.3 is 10.1 Å². The number of benzene rings is 1. The number of nitrogens with one attached hydrogen (secondary N) is 1. The second-order valence-electron chi connectivity index (χ2n) is 7.79. The Bertz CT molecular complexity index is 1000. The molecule has 2 heterocycles. The van der Waals surface area contributed by atoms with Crippen LogP contribution in [0.5, 0.6) is 0 Å². The van der Waals surface area contributed by atoms with Crippen molar-refractivity contribution in [2.45, 2.75) is 52.6 Å². The van der Waals surface area contributed by atoms with Gasteiger partial charge in [0.2, 0.25) is 0 Å². The summed E-state index contributed by atoms with van der Waals surface area (Å²) in [6.45, 7) is 9.36. The van der Waals surface area contributed by atoms with Gasteiger partial charge in [0.1, 0.15) is 5.82 Å². The number of carbonyl (C=O) groups excluding carboxylic acids is 1. The number of hydrogen-bond donors (Lipinski definition) is 1. The number of carbonyl (C=O) groups is 1. The second kappa shape index (κ2) is 7.69. The van der Waals surface area contributed by atoms with Crippen LogP contribution in [-0.2, 0) is 16.6 Å². The first kappa shape index (κ1) is 20.6. The van der Waals surface area contributed by atoms with Crippen molar-refractivity contribution in [1.82, 2.24) is 9.78 Å². The maximum atomic E-state index is 13.1. The number of para-hydroxylation sites is 1. The van der Waals surface area contributed by atoms with Crippen molar-refractivity contribution in [2.75, 3.05) is 5.32 Å². The molecular formula is C21H26N4O4. The molecule has 8 nitrogen and oxygen atoms in total. The highest BCUT2D eigenvalue weighted by atomic mass is 16.6. The molecule has 0 saturated heterocycles. The fraction of sp³-hybridized carbons (Fsp3) is 0.429. The van der Waals surface area contributed by atoms with Gasteiger partial charge in [0.15, 0.2) is 0 Å². The molecule has 8 heteroatoms. The van der Waals surface area contributed by atoms with E-state index in [0.717, 1.165) is 17.1 Å². The zero-order valence-corrected chi connectivity index (χ0v) is 17.5. The molecule has 0 radical (unpaired) electrons. The average Bonchev–Trinajstić information content (AvgIpc) is 2.96. The highest BCUT2D eigenvalue weighted by Crippen LogP contribution is 2.47. The Kier molecular flexibility index (Phi) is 5.46. The van der Waals surface area contributed by atoms with E-state index in [2.05, 4.69) is 10.4 Å². The van der Waals surface area contributed by atoms with Crippen LogP contribution >= 0.6 is 0 Å². The molecule has 1 aromatic heterocycles. The van der Waals surface area contributed by atoms with Crippen molar-refractivity contribution < 1.29 is 14.5 Å². The van der Waals surface area contributed by atoms with Gasteiger partial charge in [-0.3, -0.25) is 14.8 Å². The maximum Gasteiger partial charge on any atom is 0.337 e. The highest BCUT2D eigenvalue weighted by Gasteiger charge is 2.40. The Balaban J connectivity index is 2.34. The molecule has 0 fully saturated rings. The van der Waals surface area contributed by atoms with Gasteiger partial charge in [-0.2, -0.15) is 5.10 Å². The van der Waals surface area contributed by atoms with E-state index in [1.165, 1.54) is 6.07 Å². The molecule has 0 aliphatic carbocycles.